The second-order valence-corrected chi connectivity index (χ2v) is 2.65. The highest BCUT2D eigenvalue weighted by Crippen LogP contribution is 2.19. The number of furan rings is 1. The van der Waals surface area contributed by atoms with E-state index in [-0.39, 0.29) is 0 Å². The first-order valence-corrected chi connectivity index (χ1v) is 4.83. The summed E-state index contributed by atoms with van der Waals surface area (Å²) in [4.78, 5) is 4.01. The van der Waals surface area contributed by atoms with Gasteiger partial charge in [-0.15, -0.1) is 0 Å². The number of aryl methyl sites for hydroxylation is 1. The lowest BCUT2D eigenvalue weighted by Gasteiger charge is -1.93. The molecule has 0 fully saturated rings. The SMILES string of the molecule is CC.Cc1ccc(-c2cccnc2)o1. The molecule has 0 aliphatic rings. The summed E-state index contributed by atoms with van der Waals surface area (Å²) in [6, 6.07) is 7.77. The summed E-state index contributed by atoms with van der Waals surface area (Å²) >= 11 is 0. The molecule has 2 nitrogen and oxygen atoms in total. The lowest BCUT2D eigenvalue weighted by Crippen LogP contribution is -1.73. The van der Waals surface area contributed by atoms with Crippen molar-refractivity contribution in [1.82, 2.24) is 4.98 Å². The fraction of sp³-hybridized carbons (Fsp3) is 0.250. The summed E-state index contributed by atoms with van der Waals surface area (Å²) in [6.07, 6.45) is 3.54. The van der Waals surface area contributed by atoms with Crippen molar-refractivity contribution in [3.05, 3.63) is 42.4 Å². The first-order valence-electron chi connectivity index (χ1n) is 4.83. The second kappa shape index (κ2) is 5.22. The summed E-state index contributed by atoms with van der Waals surface area (Å²) in [5.74, 6) is 1.80. The molecule has 14 heavy (non-hydrogen) atoms. The van der Waals surface area contributed by atoms with Crippen molar-refractivity contribution in [3.8, 4) is 11.3 Å². The third-order valence-corrected chi connectivity index (χ3v) is 1.69. The van der Waals surface area contributed by atoms with E-state index in [0.717, 1.165) is 17.1 Å². The van der Waals surface area contributed by atoms with Gasteiger partial charge in [-0.2, -0.15) is 0 Å². The normalized spacial score (nSPS) is 9.07. The Bertz CT molecular complexity index is 365. The van der Waals surface area contributed by atoms with Gasteiger partial charge >= 0.3 is 0 Å². The number of nitrogens with zero attached hydrogens (tertiary/aromatic N) is 1. The molecule has 2 aromatic heterocycles. The van der Waals surface area contributed by atoms with E-state index in [2.05, 4.69) is 4.98 Å². The third-order valence-electron chi connectivity index (χ3n) is 1.69. The van der Waals surface area contributed by atoms with E-state index < -0.39 is 0 Å². The standard InChI is InChI=1S/C10H9NO.C2H6/c1-8-4-5-10(12-8)9-3-2-6-11-7-9;1-2/h2-7H,1H3;1-2H3. The zero-order valence-electron chi connectivity index (χ0n) is 8.82. The maximum Gasteiger partial charge on any atom is 0.135 e. The minimum Gasteiger partial charge on any atom is -0.461 e. The molecule has 2 rings (SSSR count). The molecule has 0 radical (unpaired) electrons. The van der Waals surface area contributed by atoms with E-state index in [9.17, 15) is 0 Å². The molecule has 0 aromatic carbocycles. The van der Waals surface area contributed by atoms with Crippen LogP contribution in [0, 0.1) is 6.92 Å². The molecule has 74 valence electrons. The lowest BCUT2D eigenvalue weighted by molar-refractivity contribution is 0.548. The van der Waals surface area contributed by atoms with E-state index in [0.29, 0.717) is 0 Å². The Morgan fingerprint density at radius 1 is 1.14 bits per heavy atom. The van der Waals surface area contributed by atoms with Crippen LogP contribution in [0.5, 0.6) is 0 Å². The van der Waals surface area contributed by atoms with Crippen LogP contribution in [0.4, 0.5) is 0 Å². The fourth-order valence-electron chi connectivity index (χ4n) is 1.10. The van der Waals surface area contributed by atoms with Gasteiger partial charge in [0, 0.05) is 18.0 Å². The van der Waals surface area contributed by atoms with Gasteiger partial charge in [-0.1, -0.05) is 13.8 Å². The zero-order valence-corrected chi connectivity index (χ0v) is 8.82. The number of hydrogen-bond donors (Lipinski definition) is 0. The Labute approximate surface area is 84.6 Å². The van der Waals surface area contributed by atoms with Gasteiger partial charge in [-0.05, 0) is 31.2 Å². The van der Waals surface area contributed by atoms with Gasteiger partial charge in [0.2, 0.25) is 0 Å². The minimum absolute atomic E-state index is 0.876. The average Bonchev–Trinajstić information content (AvgIpc) is 2.69. The molecule has 0 saturated carbocycles. The van der Waals surface area contributed by atoms with Gasteiger partial charge in [0.25, 0.3) is 0 Å². The quantitative estimate of drug-likeness (QED) is 0.684. The maximum atomic E-state index is 5.43. The highest BCUT2D eigenvalue weighted by atomic mass is 16.3. The van der Waals surface area contributed by atoms with Crippen LogP contribution in [0.1, 0.15) is 19.6 Å². The predicted molar refractivity (Wildman–Crippen MR) is 58.0 cm³/mol. The van der Waals surface area contributed by atoms with Crippen molar-refractivity contribution < 1.29 is 4.42 Å². The molecule has 0 aliphatic heterocycles. The van der Waals surface area contributed by atoms with Crippen LogP contribution >= 0.6 is 0 Å². The molecule has 0 saturated heterocycles. The van der Waals surface area contributed by atoms with Crippen molar-refractivity contribution in [3.63, 3.8) is 0 Å². The topological polar surface area (TPSA) is 26.0 Å². The summed E-state index contributed by atoms with van der Waals surface area (Å²) in [7, 11) is 0. The molecule has 0 N–H and O–H groups in total. The van der Waals surface area contributed by atoms with Crippen molar-refractivity contribution in [2.75, 3.05) is 0 Å². The summed E-state index contributed by atoms with van der Waals surface area (Å²) in [6.45, 7) is 5.93. The second-order valence-electron chi connectivity index (χ2n) is 2.65. The van der Waals surface area contributed by atoms with Crippen LogP contribution in [0.2, 0.25) is 0 Å². The number of hydrogen-bond acceptors (Lipinski definition) is 2. The van der Waals surface area contributed by atoms with Gasteiger partial charge in [0.15, 0.2) is 0 Å². The monoisotopic (exact) mass is 189 g/mol. The van der Waals surface area contributed by atoms with Crippen LogP contribution in [-0.2, 0) is 0 Å². The van der Waals surface area contributed by atoms with Crippen LogP contribution in [-0.4, -0.2) is 4.98 Å². The average molecular weight is 189 g/mol. The molecule has 0 amide bonds. The lowest BCUT2D eigenvalue weighted by atomic mass is 10.2. The number of rotatable bonds is 1. The molecule has 0 aliphatic carbocycles. The Morgan fingerprint density at radius 2 is 1.93 bits per heavy atom. The summed E-state index contributed by atoms with van der Waals surface area (Å²) < 4.78 is 5.43. The van der Waals surface area contributed by atoms with E-state index in [1.807, 2.05) is 45.0 Å². The smallest absolute Gasteiger partial charge is 0.135 e. The largest absolute Gasteiger partial charge is 0.461 e. The highest BCUT2D eigenvalue weighted by Gasteiger charge is 2.00. The first-order chi connectivity index (χ1) is 6.86. The maximum absolute atomic E-state index is 5.43. The van der Waals surface area contributed by atoms with Crippen LogP contribution in [0.3, 0.4) is 0 Å². The highest BCUT2D eigenvalue weighted by molar-refractivity contribution is 5.55. The van der Waals surface area contributed by atoms with Crippen molar-refractivity contribution in [2.24, 2.45) is 0 Å². The fourth-order valence-corrected chi connectivity index (χ4v) is 1.10. The molecular formula is C12H15NO. The molecular weight excluding hydrogens is 174 g/mol. The van der Waals surface area contributed by atoms with E-state index in [1.165, 1.54) is 0 Å². The van der Waals surface area contributed by atoms with Gasteiger partial charge < -0.3 is 4.42 Å². The van der Waals surface area contributed by atoms with E-state index in [1.54, 1.807) is 12.4 Å². The molecule has 0 bridgehead atoms. The zero-order chi connectivity index (χ0) is 10.4. The van der Waals surface area contributed by atoms with Crippen molar-refractivity contribution >= 4 is 0 Å². The van der Waals surface area contributed by atoms with Gasteiger partial charge in [0.05, 0.1) is 0 Å². The van der Waals surface area contributed by atoms with Crippen molar-refractivity contribution in [1.29, 1.82) is 0 Å². The molecule has 2 heterocycles. The Kier molecular flexibility index (Phi) is 3.92. The van der Waals surface area contributed by atoms with Crippen LogP contribution < -0.4 is 0 Å². The number of aromatic nitrogens is 1. The Morgan fingerprint density at radius 3 is 2.43 bits per heavy atom. The van der Waals surface area contributed by atoms with Crippen LogP contribution in [0.25, 0.3) is 11.3 Å². The van der Waals surface area contributed by atoms with Crippen LogP contribution in [0.15, 0.2) is 41.1 Å². The van der Waals surface area contributed by atoms with Gasteiger partial charge in [-0.25, -0.2) is 0 Å². The third kappa shape index (κ3) is 2.46. The van der Waals surface area contributed by atoms with E-state index >= 15 is 0 Å². The first kappa shape index (κ1) is 10.5. The number of pyridine rings is 1. The molecule has 0 unspecified atom stereocenters. The van der Waals surface area contributed by atoms with E-state index in [4.69, 9.17) is 4.42 Å². The molecule has 0 atom stereocenters. The molecule has 2 aromatic rings. The predicted octanol–water partition coefficient (Wildman–Crippen LogP) is 3.68. The molecule has 2 heteroatoms. The van der Waals surface area contributed by atoms with Crippen molar-refractivity contribution in [2.45, 2.75) is 20.8 Å². The summed E-state index contributed by atoms with van der Waals surface area (Å²) in [5, 5.41) is 0. The molecule has 0 spiro atoms. The summed E-state index contributed by atoms with van der Waals surface area (Å²) in [5.41, 5.74) is 1.02. The van der Waals surface area contributed by atoms with Gasteiger partial charge in [-0.3, -0.25) is 4.98 Å². The Hall–Kier alpha value is -1.57. The minimum atomic E-state index is 0.876. The van der Waals surface area contributed by atoms with Gasteiger partial charge in [0.1, 0.15) is 11.5 Å². The Balaban J connectivity index is 0.000000461.